The molecule has 0 bridgehead atoms. The Labute approximate surface area is 645 Å². The monoisotopic (exact) mass is 1740 g/mol. The predicted octanol–water partition coefficient (Wildman–Crippen LogP) is 22.2. The number of aromatic hydroxyl groups is 1. The minimum atomic E-state index is -0.463. The summed E-state index contributed by atoms with van der Waals surface area (Å²) in [5, 5.41) is 8.59. The van der Waals surface area contributed by atoms with Crippen LogP contribution in [0.5, 0.6) is 11.5 Å². The fourth-order valence-corrected chi connectivity index (χ4v) is 8.74. The van der Waals surface area contributed by atoms with Crippen LogP contribution < -0.4 is 4.74 Å². The van der Waals surface area contributed by atoms with Crippen LogP contribution in [0.15, 0.2) is 280 Å². The summed E-state index contributed by atoms with van der Waals surface area (Å²) >= 11 is 4.87. The summed E-state index contributed by atoms with van der Waals surface area (Å²) in [4.78, 5) is 46.7. The normalized spacial score (nSPS) is 10.5. The first-order valence-electron chi connectivity index (χ1n) is 33.0. The van der Waals surface area contributed by atoms with Gasteiger partial charge in [-0.1, -0.05) is 169 Å². The van der Waals surface area contributed by atoms with E-state index in [9.17, 15) is 9.59 Å². The zero-order valence-electron chi connectivity index (χ0n) is 61.1. The molecule has 0 aliphatic carbocycles. The van der Waals surface area contributed by atoms with E-state index < -0.39 is 11.2 Å². The summed E-state index contributed by atoms with van der Waals surface area (Å²) in [6, 6.07) is 89.5. The SMILES string of the molecule is C=C(C)C(=O)Cl.C=C(C)C(=O)Oc1c[c-]c(-c2ccccn2)cc1.CC(C)(C)c1c[c-]c(-c2ccccn2)cc1.CC(C)(C)c1c[c-]c(-c2ccccn2)cc1.CC(C)(C)c1c[c-]c(-c2ccccn2)cc1.CC(C)(C)c1c[c-]c(-c2ccccn2)cc1.Oc1c[c-]c(-c2ccccn2)cc1.[HH].[Ir+3].[Ir+3]. The fraction of sp³-hybridized carbons (Fsp3) is 0.200. The summed E-state index contributed by atoms with van der Waals surface area (Å²) in [6.07, 6.45) is 10.7. The van der Waals surface area contributed by atoms with Crippen LogP contribution in [0.3, 0.4) is 0 Å². The van der Waals surface area contributed by atoms with Gasteiger partial charge in [-0.3, -0.25) is 4.79 Å². The molecule has 103 heavy (non-hydrogen) atoms. The average Bonchev–Trinajstić information content (AvgIpc) is 0.860. The molecule has 0 saturated heterocycles. The number of esters is 1. The van der Waals surface area contributed by atoms with Gasteiger partial charge in [-0.2, -0.15) is 0 Å². The number of halogens is 1. The second-order valence-corrected chi connectivity index (χ2v) is 27.7. The molecule has 0 unspecified atom stereocenters. The number of pyridine rings is 6. The maximum atomic E-state index is 11.3. The second kappa shape index (κ2) is 42.0. The molecule has 6 aromatic carbocycles. The van der Waals surface area contributed by atoms with Crippen LogP contribution >= 0.6 is 11.6 Å². The third-order valence-corrected chi connectivity index (χ3v) is 15.2. The number of allylic oxidation sites excluding steroid dienone is 1. The van der Waals surface area contributed by atoms with Crippen molar-refractivity contribution in [3.05, 3.63) is 339 Å². The van der Waals surface area contributed by atoms with Gasteiger partial charge >= 0.3 is 46.2 Å². The van der Waals surface area contributed by atoms with E-state index in [4.69, 9.17) is 21.4 Å². The number of benzene rings is 6. The molecule has 6 aromatic heterocycles. The topological polar surface area (TPSA) is 141 Å². The molecule has 0 amide bonds. The van der Waals surface area contributed by atoms with Crippen LogP contribution in [-0.4, -0.2) is 46.2 Å². The molecule has 0 atom stereocenters. The van der Waals surface area contributed by atoms with E-state index in [1.54, 1.807) is 75.3 Å². The minimum Gasteiger partial charge on any atom is -0.551 e. The Morgan fingerprint density at radius 1 is 0.350 bits per heavy atom. The Hall–Kier alpha value is -9.77. The molecule has 13 heteroatoms. The number of carbonyl (C=O) groups excluding carboxylic acids is 2. The van der Waals surface area contributed by atoms with E-state index in [1.165, 1.54) is 28.3 Å². The number of rotatable bonds is 9. The Morgan fingerprint density at radius 2 is 0.573 bits per heavy atom. The number of nitrogens with zero attached hydrogens (tertiary/aromatic N) is 6. The number of phenols is 1. The number of aromatic nitrogens is 6. The van der Waals surface area contributed by atoms with Gasteiger partial charge < -0.3 is 39.7 Å². The number of carbonyl (C=O) groups is 2. The van der Waals surface area contributed by atoms with Crippen molar-refractivity contribution in [1.29, 1.82) is 0 Å². The Bertz CT molecular complexity index is 4060. The first kappa shape index (κ1) is 85.6. The smallest absolute Gasteiger partial charge is 0.551 e. The summed E-state index contributed by atoms with van der Waals surface area (Å²) in [5.41, 5.74) is 18.2. The number of ether oxygens (including phenoxy) is 1. The van der Waals surface area contributed by atoms with Crippen molar-refractivity contribution in [3.63, 3.8) is 0 Å². The minimum absolute atomic E-state index is 0. The van der Waals surface area contributed by atoms with Gasteiger partial charge in [0.1, 0.15) is 0 Å². The summed E-state index contributed by atoms with van der Waals surface area (Å²) in [6.45, 7) is 36.4. The Balaban J connectivity index is 0.000000318. The van der Waals surface area contributed by atoms with E-state index in [-0.39, 0.29) is 69.0 Å². The Morgan fingerprint density at radius 3 is 0.728 bits per heavy atom. The van der Waals surface area contributed by atoms with Gasteiger partial charge in [0.2, 0.25) is 5.24 Å². The summed E-state index contributed by atoms with van der Waals surface area (Å²) in [5.74, 6) is 0.233. The third-order valence-electron chi connectivity index (χ3n) is 14.8. The largest absolute Gasteiger partial charge is 3.00 e. The zero-order chi connectivity index (χ0) is 73.6. The number of hydrogen-bond donors (Lipinski definition) is 1. The van der Waals surface area contributed by atoms with Crippen molar-refractivity contribution in [3.8, 4) is 79.0 Å². The van der Waals surface area contributed by atoms with Crippen LogP contribution in [0.25, 0.3) is 67.5 Å². The van der Waals surface area contributed by atoms with Crippen LogP contribution in [-0.2, 0) is 71.5 Å². The summed E-state index contributed by atoms with van der Waals surface area (Å²) < 4.78 is 5.08. The van der Waals surface area contributed by atoms with Crippen molar-refractivity contribution in [2.24, 2.45) is 0 Å². The Kier molecular flexibility index (Phi) is 34.9. The molecular weight excluding hydrogens is 1650 g/mol. The van der Waals surface area contributed by atoms with Gasteiger partial charge in [0.25, 0.3) is 0 Å². The van der Waals surface area contributed by atoms with Crippen molar-refractivity contribution in [1.82, 2.24) is 29.9 Å². The first-order chi connectivity index (χ1) is 48.0. The predicted molar refractivity (Wildman–Crippen MR) is 416 cm³/mol. The molecule has 0 saturated carbocycles. The van der Waals surface area contributed by atoms with Crippen LogP contribution in [0, 0.1) is 36.4 Å². The number of phenolic OH excluding ortho intramolecular Hbond substituents is 1. The molecule has 0 aliphatic heterocycles. The molecule has 10 nitrogen and oxygen atoms in total. The average molecular weight is 1740 g/mol. The van der Waals surface area contributed by atoms with E-state index in [0.717, 1.165) is 67.5 Å². The van der Waals surface area contributed by atoms with E-state index in [2.05, 4.69) is 235 Å². The maximum absolute atomic E-state index is 11.3. The molecule has 12 aromatic rings. The molecule has 0 aliphatic rings. The molecule has 0 radical (unpaired) electrons. The maximum Gasteiger partial charge on any atom is 3.00 e. The van der Waals surface area contributed by atoms with Crippen LogP contribution in [0.2, 0.25) is 0 Å². The standard InChI is InChI=1S/C15H12NO2.4C15H16N.C11H8NO.C4H5ClO.2Ir.H2/c1-11(2)15(17)18-13-8-6-12(7-9-13)14-5-3-4-10-16-14;4*1-15(2,3)13-9-7-12(8-10-13)14-6-4-5-11-16-14;13-10-6-4-9(5-7-10)11-3-1-2-8-12-11;1-3(2)4(5)6;;;/h3-6,8-10H,1H2,2H3;4*4-7,9-11H,1-3H3;1-4,6-8,13H;1H2,2H3;;;1H/q6*-1;;2*+3;. The van der Waals surface area contributed by atoms with Gasteiger partial charge in [0.15, 0.2) is 0 Å². The van der Waals surface area contributed by atoms with Crippen LogP contribution in [0.1, 0.15) is 121 Å². The molecule has 0 fully saturated rings. The summed E-state index contributed by atoms with van der Waals surface area (Å²) in [7, 11) is 0. The third kappa shape index (κ3) is 30.0. The van der Waals surface area contributed by atoms with Crippen molar-refractivity contribution in [2.45, 2.75) is 119 Å². The van der Waals surface area contributed by atoms with Gasteiger partial charge in [-0.25, -0.2) is 4.79 Å². The van der Waals surface area contributed by atoms with E-state index in [0.29, 0.717) is 16.9 Å². The van der Waals surface area contributed by atoms with Crippen molar-refractivity contribution < 1.29 is 61.1 Å². The molecule has 1 N–H and O–H groups in total. The quantitative estimate of drug-likeness (QED) is 0.0488. The van der Waals surface area contributed by atoms with E-state index >= 15 is 0 Å². The van der Waals surface area contributed by atoms with Crippen LogP contribution in [0.4, 0.5) is 0 Å². The molecule has 6 heterocycles. The van der Waals surface area contributed by atoms with Gasteiger partial charge in [-0.15, -0.1) is 201 Å². The van der Waals surface area contributed by atoms with Gasteiger partial charge in [0.05, 0.1) is 0 Å². The second-order valence-electron chi connectivity index (χ2n) is 27.4. The first-order valence-corrected chi connectivity index (χ1v) is 33.4. The van der Waals surface area contributed by atoms with E-state index in [1.807, 2.05) is 115 Å². The van der Waals surface area contributed by atoms with Gasteiger partial charge in [0, 0.05) is 61.3 Å². The van der Waals surface area contributed by atoms with Crippen molar-refractivity contribution in [2.75, 3.05) is 0 Å². The van der Waals surface area contributed by atoms with Crippen molar-refractivity contribution >= 4 is 22.8 Å². The number of hydrogen-bond acceptors (Lipinski definition) is 10. The molecule has 530 valence electrons. The molecule has 0 spiro atoms. The zero-order valence-corrected chi connectivity index (χ0v) is 66.6. The van der Waals surface area contributed by atoms with Gasteiger partial charge in [-0.05, 0) is 118 Å². The fourth-order valence-electron chi connectivity index (χ4n) is 8.74. The molecular formula is C90H91ClIr2N6O4. The molecule has 12 rings (SSSR count).